The maximum atomic E-state index is 13.0. The molecule has 0 radical (unpaired) electrons. The van der Waals surface area contributed by atoms with Crippen LogP contribution in [0.15, 0.2) is 48.5 Å². The second-order valence-corrected chi connectivity index (χ2v) is 10.2. The van der Waals surface area contributed by atoms with Gasteiger partial charge in [0.2, 0.25) is 11.8 Å². The van der Waals surface area contributed by atoms with Gasteiger partial charge in [0.25, 0.3) is 0 Å². The molecule has 2 aromatic rings. The molecular formula is C29H38IN3O3. The second-order valence-electron chi connectivity index (χ2n) is 10.2. The molecular weight excluding hydrogens is 565 g/mol. The summed E-state index contributed by atoms with van der Waals surface area (Å²) in [5.41, 5.74) is 4.45. The number of hydrogen-bond donors (Lipinski definition) is 2. The highest BCUT2D eigenvalue weighted by Gasteiger charge is 2.32. The van der Waals surface area contributed by atoms with Crippen molar-refractivity contribution >= 4 is 46.6 Å². The van der Waals surface area contributed by atoms with Gasteiger partial charge in [-0.2, -0.15) is 0 Å². The summed E-state index contributed by atoms with van der Waals surface area (Å²) in [6, 6.07) is 16.6. The number of rotatable bonds is 5. The van der Waals surface area contributed by atoms with E-state index < -0.39 is 11.5 Å². The maximum absolute atomic E-state index is 13.0. The van der Waals surface area contributed by atoms with Gasteiger partial charge in [-0.3, -0.25) is 14.5 Å². The van der Waals surface area contributed by atoms with Crippen LogP contribution in [0.5, 0.6) is 0 Å². The Hall–Kier alpha value is -2.23. The minimum atomic E-state index is -0.567. The summed E-state index contributed by atoms with van der Waals surface area (Å²) in [5.74, 6) is -0.195. The highest BCUT2D eigenvalue weighted by atomic mass is 127. The number of hydrogen-bond acceptors (Lipinski definition) is 4. The average Bonchev–Trinajstić information content (AvgIpc) is 3.06. The number of amides is 2. The fourth-order valence-corrected chi connectivity index (χ4v) is 4.70. The Morgan fingerprint density at radius 2 is 1.44 bits per heavy atom. The van der Waals surface area contributed by atoms with E-state index in [1.807, 2.05) is 30.6 Å². The van der Waals surface area contributed by atoms with Crippen molar-refractivity contribution in [2.45, 2.75) is 39.3 Å². The number of nitrogens with zero attached hydrogens (tertiary/aromatic N) is 2. The van der Waals surface area contributed by atoms with Crippen LogP contribution < -0.4 is 5.32 Å². The third kappa shape index (κ3) is 6.75. The molecule has 0 saturated carbocycles. The van der Waals surface area contributed by atoms with E-state index in [2.05, 4.69) is 93.5 Å². The van der Waals surface area contributed by atoms with Gasteiger partial charge in [-0.15, -0.1) is 0 Å². The first-order valence-electron chi connectivity index (χ1n) is 12.5. The van der Waals surface area contributed by atoms with Gasteiger partial charge in [-0.05, 0) is 27.2 Å². The predicted octanol–water partition coefficient (Wildman–Crippen LogP) is 4.37. The number of aliphatic hydroxyl groups excluding tert-OH is 1. The van der Waals surface area contributed by atoms with Crippen molar-refractivity contribution < 1.29 is 14.7 Å². The van der Waals surface area contributed by atoms with E-state index in [1.54, 1.807) is 0 Å². The van der Waals surface area contributed by atoms with E-state index >= 15 is 0 Å². The van der Waals surface area contributed by atoms with Crippen LogP contribution >= 0.6 is 22.6 Å². The highest BCUT2D eigenvalue weighted by Crippen LogP contribution is 2.37. The van der Waals surface area contributed by atoms with E-state index in [4.69, 9.17) is 0 Å². The van der Waals surface area contributed by atoms with Crippen LogP contribution in [-0.4, -0.2) is 70.5 Å². The summed E-state index contributed by atoms with van der Waals surface area (Å²) < 4.78 is 0. The summed E-state index contributed by atoms with van der Waals surface area (Å²) in [7, 11) is 0. The quantitative estimate of drug-likeness (QED) is 0.394. The Morgan fingerprint density at radius 3 is 1.92 bits per heavy atom. The summed E-state index contributed by atoms with van der Waals surface area (Å²) in [6.07, 6.45) is 4.49. The van der Waals surface area contributed by atoms with E-state index in [1.165, 1.54) is 22.3 Å². The largest absolute Gasteiger partial charge is 0.394 e. The highest BCUT2D eigenvalue weighted by molar-refractivity contribution is 14.1. The monoisotopic (exact) mass is 603 g/mol. The molecule has 7 heteroatoms. The zero-order valence-corrected chi connectivity index (χ0v) is 23.9. The summed E-state index contributed by atoms with van der Waals surface area (Å²) in [6.45, 7) is 7.97. The first-order valence-corrected chi connectivity index (χ1v) is 14.6. The van der Waals surface area contributed by atoms with Gasteiger partial charge in [-0.25, -0.2) is 0 Å². The van der Waals surface area contributed by atoms with Crippen LogP contribution in [0.4, 0.5) is 0 Å². The van der Waals surface area contributed by atoms with Gasteiger partial charge in [0.05, 0.1) is 18.7 Å². The molecule has 1 saturated heterocycles. The molecule has 2 amide bonds. The number of carbonyl (C=O) groups excluding carboxylic acids is 2. The zero-order chi connectivity index (χ0) is 26.3. The summed E-state index contributed by atoms with van der Waals surface area (Å²) in [5, 5.41) is 12.5. The molecule has 6 nitrogen and oxygen atoms in total. The number of aliphatic hydroxyl groups is 1. The molecule has 1 aliphatic carbocycles. The fourth-order valence-electron chi connectivity index (χ4n) is 4.70. The topological polar surface area (TPSA) is 72.9 Å². The van der Waals surface area contributed by atoms with Gasteiger partial charge in [0.1, 0.15) is 0 Å². The molecule has 2 aliphatic rings. The Labute approximate surface area is 228 Å². The van der Waals surface area contributed by atoms with Gasteiger partial charge in [-0.1, -0.05) is 104 Å². The van der Waals surface area contributed by atoms with Crippen LogP contribution in [0.3, 0.4) is 0 Å². The summed E-state index contributed by atoms with van der Waals surface area (Å²) in [4.78, 5) is 31.5. The lowest BCUT2D eigenvalue weighted by Crippen LogP contribution is -2.52. The Balaban J connectivity index is 0.00000176. The van der Waals surface area contributed by atoms with Gasteiger partial charge >= 0.3 is 0 Å². The van der Waals surface area contributed by atoms with Crippen LogP contribution in [-0.2, 0) is 9.59 Å². The number of nitrogens with one attached hydrogen (secondary N) is 1. The molecule has 1 heterocycles. The molecule has 0 bridgehead atoms. The normalized spacial score (nSPS) is 16.7. The molecule has 1 atom stereocenters. The lowest BCUT2D eigenvalue weighted by molar-refractivity contribution is -0.135. The minimum Gasteiger partial charge on any atom is -0.394 e. The molecule has 194 valence electrons. The SMILES string of the molecule is CC(C)(C)C(=O)NC(CO)CC(=O)N1CCN(C2c3ccccc3C=Cc3ccccc32)CC1.CI. The van der Waals surface area contributed by atoms with E-state index in [0.717, 1.165) is 13.1 Å². The average molecular weight is 604 g/mol. The summed E-state index contributed by atoms with van der Waals surface area (Å²) >= 11 is 2.15. The lowest BCUT2D eigenvalue weighted by Gasteiger charge is -2.40. The molecule has 1 fully saturated rings. The third-order valence-electron chi connectivity index (χ3n) is 6.71. The number of benzene rings is 2. The van der Waals surface area contributed by atoms with Crippen molar-refractivity contribution in [1.82, 2.24) is 15.1 Å². The third-order valence-corrected chi connectivity index (χ3v) is 6.71. The molecule has 2 aromatic carbocycles. The molecule has 1 aliphatic heterocycles. The van der Waals surface area contributed by atoms with Crippen LogP contribution in [0, 0.1) is 5.41 Å². The number of carbonyl (C=O) groups is 2. The lowest BCUT2D eigenvalue weighted by atomic mass is 9.92. The first kappa shape index (κ1) is 28.3. The van der Waals surface area contributed by atoms with Gasteiger partial charge < -0.3 is 15.3 Å². The molecule has 0 aromatic heterocycles. The minimum absolute atomic E-state index is 0.0313. The van der Waals surface area contributed by atoms with Crippen molar-refractivity contribution in [2.24, 2.45) is 5.41 Å². The standard InChI is InChI=1S/C28H35N3O3.CH3I/c1-28(2,3)27(34)29-22(19-32)18-25(33)30-14-16-31(17-15-30)26-23-10-6-4-8-20(23)12-13-21-9-5-7-11-24(21)26;1-2/h4-13,22,26,32H,14-19H2,1-3H3,(H,29,34);1H3. The first-order chi connectivity index (χ1) is 17.3. The van der Waals surface area contributed by atoms with E-state index in [0.29, 0.717) is 13.1 Å². The number of piperazine rings is 1. The Bertz CT molecular complexity index is 1020. The molecule has 1 unspecified atom stereocenters. The number of halogens is 1. The van der Waals surface area contributed by atoms with E-state index in [-0.39, 0.29) is 30.9 Å². The van der Waals surface area contributed by atoms with Crippen LogP contribution in [0.1, 0.15) is 55.5 Å². The molecule has 0 spiro atoms. The van der Waals surface area contributed by atoms with Crippen molar-refractivity contribution in [3.63, 3.8) is 0 Å². The maximum Gasteiger partial charge on any atom is 0.225 e. The van der Waals surface area contributed by atoms with Crippen LogP contribution in [0.25, 0.3) is 12.2 Å². The van der Waals surface area contributed by atoms with Crippen molar-refractivity contribution in [2.75, 3.05) is 37.7 Å². The van der Waals surface area contributed by atoms with Gasteiger partial charge in [0, 0.05) is 38.0 Å². The molecule has 4 rings (SSSR count). The second kappa shape index (κ2) is 12.8. The van der Waals surface area contributed by atoms with Crippen molar-refractivity contribution in [3.05, 3.63) is 70.8 Å². The van der Waals surface area contributed by atoms with Crippen molar-refractivity contribution in [3.8, 4) is 0 Å². The van der Waals surface area contributed by atoms with E-state index in [9.17, 15) is 14.7 Å². The zero-order valence-electron chi connectivity index (χ0n) is 21.7. The molecule has 2 N–H and O–H groups in total. The number of alkyl halides is 1. The Kier molecular flexibility index (Phi) is 10.1. The Morgan fingerprint density at radius 1 is 0.944 bits per heavy atom. The number of fused-ring (bicyclic) bond motifs is 2. The van der Waals surface area contributed by atoms with Crippen LogP contribution in [0.2, 0.25) is 0 Å². The molecule has 36 heavy (non-hydrogen) atoms. The fraction of sp³-hybridized carbons (Fsp3) is 0.448. The smallest absolute Gasteiger partial charge is 0.225 e. The van der Waals surface area contributed by atoms with Crippen molar-refractivity contribution in [1.29, 1.82) is 0 Å². The predicted molar refractivity (Wildman–Crippen MR) is 155 cm³/mol. The van der Waals surface area contributed by atoms with Gasteiger partial charge in [0.15, 0.2) is 0 Å².